The van der Waals surface area contributed by atoms with Crippen molar-refractivity contribution >= 4 is 22.4 Å². The molecule has 2 aromatic heterocycles. The van der Waals surface area contributed by atoms with Gasteiger partial charge in [0.1, 0.15) is 0 Å². The van der Waals surface area contributed by atoms with Crippen LogP contribution in [0.5, 0.6) is 0 Å². The number of aryl methyl sites for hydroxylation is 1. The van der Waals surface area contributed by atoms with Crippen LogP contribution in [0, 0.1) is 6.92 Å². The number of anilines is 1. The summed E-state index contributed by atoms with van der Waals surface area (Å²) >= 11 is 1.51. The number of thiazole rings is 1. The van der Waals surface area contributed by atoms with Crippen LogP contribution in [0.25, 0.3) is 0 Å². The number of rotatable bonds is 6. The second kappa shape index (κ2) is 7.17. The zero-order valence-electron chi connectivity index (χ0n) is 12.5. The molecule has 21 heavy (non-hydrogen) atoms. The second-order valence-corrected chi connectivity index (χ2v) is 5.83. The van der Waals surface area contributed by atoms with Crippen LogP contribution >= 0.6 is 11.3 Å². The first-order chi connectivity index (χ1) is 10.1. The molecule has 0 saturated heterocycles. The molecular weight excluding hydrogens is 286 g/mol. The van der Waals surface area contributed by atoms with Gasteiger partial charge in [-0.25, -0.2) is 9.78 Å². The third-order valence-corrected chi connectivity index (χ3v) is 4.15. The molecule has 5 nitrogen and oxygen atoms in total. The lowest BCUT2D eigenvalue weighted by molar-refractivity contribution is 0.0519. The van der Waals surface area contributed by atoms with E-state index in [0.29, 0.717) is 12.3 Å². The van der Waals surface area contributed by atoms with Crippen molar-refractivity contribution in [2.24, 2.45) is 0 Å². The fourth-order valence-electron chi connectivity index (χ4n) is 1.88. The Morgan fingerprint density at radius 2 is 2.10 bits per heavy atom. The molecule has 0 aromatic carbocycles. The summed E-state index contributed by atoms with van der Waals surface area (Å²) in [4.78, 5) is 23.1. The Labute approximate surface area is 128 Å². The number of ether oxygens (including phenoxy) is 1. The molecule has 0 aliphatic rings. The molecule has 0 aliphatic heterocycles. The highest BCUT2D eigenvalue weighted by atomic mass is 32.1. The lowest BCUT2D eigenvalue weighted by atomic mass is 10.2. The average Bonchev–Trinajstić information content (AvgIpc) is 2.88. The maximum atomic E-state index is 11.8. The molecule has 2 aromatic rings. The van der Waals surface area contributed by atoms with Gasteiger partial charge in [0, 0.05) is 30.9 Å². The molecule has 0 saturated carbocycles. The molecule has 2 rings (SSSR count). The summed E-state index contributed by atoms with van der Waals surface area (Å²) in [6, 6.07) is 4.01. The zero-order valence-corrected chi connectivity index (χ0v) is 13.3. The predicted molar refractivity (Wildman–Crippen MR) is 84.0 cm³/mol. The van der Waals surface area contributed by atoms with Crippen molar-refractivity contribution in [3.05, 3.63) is 40.7 Å². The van der Waals surface area contributed by atoms with E-state index >= 15 is 0 Å². The van der Waals surface area contributed by atoms with E-state index in [-0.39, 0.29) is 5.97 Å². The van der Waals surface area contributed by atoms with Gasteiger partial charge in [0.05, 0.1) is 6.61 Å². The van der Waals surface area contributed by atoms with E-state index in [2.05, 4.69) is 14.9 Å². The van der Waals surface area contributed by atoms with Gasteiger partial charge in [0.2, 0.25) is 0 Å². The van der Waals surface area contributed by atoms with Gasteiger partial charge in [-0.05, 0) is 38.0 Å². The van der Waals surface area contributed by atoms with E-state index in [1.165, 1.54) is 16.9 Å². The molecule has 0 aliphatic carbocycles. The van der Waals surface area contributed by atoms with E-state index in [1.807, 2.05) is 26.1 Å². The van der Waals surface area contributed by atoms with Crippen LogP contribution in [0.3, 0.4) is 0 Å². The van der Waals surface area contributed by atoms with Crippen molar-refractivity contribution in [1.82, 2.24) is 9.97 Å². The van der Waals surface area contributed by atoms with Crippen LogP contribution in [0.2, 0.25) is 0 Å². The molecule has 0 fully saturated rings. The van der Waals surface area contributed by atoms with Gasteiger partial charge in [-0.15, -0.1) is 11.3 Å². The molecule has 6 heteroatoms. The van der Waals surface area contributed by atoms with Crippen molar-refractivity contribution in [2.75, 3.05) is 25.1 Å². The van der Waals surface area contributed by atoms with Crippen molar-refractivity contribution in [3.63, 3.8) is 0 Å². The molecule has 0 N–H and O–H groups in total. The van der Waals surface area contributed by atoms with Crippen LogP contribution in [0.15, 0.2) is 24.5 Å². The topological polar surface area (TPSA) is 55.3 Å². The third kappa shape index (κ3) is 4.01. The Kier molecular flexibility index (Phi) is 5.27. The minimum Gasteiger partial charge on any atom is -0.461 e. The number of nitrogens with zero attached hydrogens (tertiary/aromatic N) is 3. The molecule has 0 spiro atoms. The van der Waals surface area contributed by atoms with Crippen LogP contribution < -0.4 is 4.90 Å². The van der Waals surface area contributed by atoms with Crippen molar-refractivity contribution in [2.45, 2.75) is 20.3 Å². The first kappa shape index (κ1) is 15.4. The van der Waals surface area contributed by atoms with E-state index in [9.17, 15) is 4.79 Å². The molecule has 0 radical (unpaired) electrons. The van der Waals surface area contributed by atoms with Gasteiger partial charge in [0.15, 0.2) is 10.8 Å². The van der Waals surface area contributed by atoms with Gasteiger partial charge < -0.3 is 9.64 Å². The third-order valence-electron chi connectivity index (χ3n) is 3.07. The highest BCUT2D eigenvalue weighted by molar-refractivity contribution is 7.15. The van der Waals surface area contributed by atoms with Crippen molar-refractivity contribution < 1.29 is 9.53 Å². The number of likely N-dealkylation sites (N-methyl/N-ethyl adjacent to an activating group) is 1. The number of aromatic nitrogens is 2. The standard InChI is InChI=1S/C15H19N3O2S/c1-4-20-14(19)13-11(2)21-15(17-13)18(3)10-7-12-5-8-16-9-6-12/h5-6,8-9H,4,7,10H2,1-3H3. The monoisotopic (exact) mass is 305 g/mol. The van der Waals surface area contributed by atoms with Crippen LogP contribution in [-0.4, -0.2) is 36.1 Å². The summed E-state index contributed by atoms with van der Waals surface area (Å²) in [7, 11) is 1.98. The fourth-order valence-corrected chi connectivity index (χ4v) is 2.76. The van der Waals surface area contributed by atoms with Gasteiger partial charge >= 0.3 is 5.97 Å². The van der Waals surface area contributed by atoms with Crippen LogP contribution in [0.4, 0.5) is 5.13 Å². The number of hydrogen-bond acceptors (Lipinski definition) is 6. The largest absolute Gasteiger partial charge is 0.461 e. The van der Waals surface area contributed by atoms with Gasteiger partial charge in [0.25, 0.3) is 0 Å². The number of pyridine rings is 1. The number of hydrogen-bond donors (Lipinski definition) is 0. The lowest BCUT2D eigenvalue weighted by Gasteiger charge is -2.15. The molecular formula is C15H19N3O2S. The van der Waals surface area contributed by atoms with Crippen molar-refractivity contribution in [3.8, 4) is 0 Å². The zero-order chi connectivity index (χ0) is 15.2. The maximum Gasteiger partial charge on any atom is 0.358 e. The summed E-state index contributed by atoms with van der Waals surface area (Å²) in [5, 5.41) is 0.838. The number of carbonyl (C=O) groups excluding carboxylic acids is 1. The number of carbonyl (C=O) groups is 1. The summed E-state index contributed by atoms with van der Waals surface area (Å²) in [6.45, 7) is 4.88. The minimum absolute atomic E-state index is 0.347. The quantitative estimate of drug-likeness (QED) is 0.768. The van der Waals surface area contributed by atoms with Gasteiger partial charge in [-0.3, -0.25) is 4.98 Å². The molecule has 0 unspecified atom stereocenters. The van der Waals surface area contributed by atoms with Gasteiger partial charge in [-0.2, -0.15) is 0 Å². The highest BCUT2D eigenvalue weighted by Crippen LogP contribution is 2.25. The summed E-state index contributed by atoms with van der Waals surface area (Å²) in [5.41, 5.74) is 1.66. The van der Waals surface area contributed by atoms with Crippen molar-refractivity contribution in [1.29, 1.82) is 0 Å². The Morgan fingerprint density at radius 1 is 1.38 bits per heavy atom. The van der Waals surface area contributed by atoms with E-state index < -0.39 is 0 Å². The smallest absolute Gasteiger partial charge is 0.358 e. The van der Waals surface area contributed by atoms with Crippen LogP contribution in [0.1, 0.15) is 27.9 Å². The summed E-state index contributed by atoms with van der Waals surface area (Å²) in [5.74, 6) is -0.347. The molecule has 0 bridgehead atoms. The minimum atomic E-state index is -0.347. The van der Waals surface area contributed by atoms with E-state index in [1.54, 1.807) is 19.3 Å². The maximum absolute atomic E-state index is 11.8. The van der Waals surface area contributed by atoms with Crippen LogP contribution in [-0.2, 0) is 11.2 Å². The Morgan fingerprint density at radius 3 is 2.76 bits per heavy atom. The Balaban J connectivity index is 2.01. The Hall–Kier alpha value is -1.95. The normalized spacial score (nSPS) is 10.4. The second-order valence-electron chi connectivity index (χ2n) is 4.65. The summed E-state index contributed by atoms with van der Waals surface area (Å²) < 4.78 is 5.01. The highest BCUT2D eigenvalue weighted by Gasteiger charge is 2.18. The van der Waals surface area contributed by atoms with E-state index in [0.717, 1.165) is 23.0 Å². The molecule has 0 atom stereocenters. The molecule has 2 heterocycles. The fraction of sp³-hybridized carbons (Fsp3) is 0.400. The average molecular weight is 305 g/mol. The number of esters is 1. The summed E-state index contributed by atoms with van der Waals surface area (Å²) in [6.07, 6.45) is 4.50. The first-order valence-corrected chi connectivity index (χ1v) is 7.68. The Bertz CT molecular complexity index is 598. The SMILES string of the molecule is CCOC(=O)c1nc(N(C)CCc2ccncc2)sc1C. The lowest BCUT2D eigenvalue weighted by Crippen LogP contribution is -2.20. The van der Waals surface area contributed by atoms with E-state index in [4.69, 9.17) is 4.74 Å². The first-order valence-electron chi connectivity index (χ1n) is 6.86. The molecule has 0 amide bonds. The molecule has 112 valence electrons. The predicted octanol–water partition coefficient (Wildman–Crippen LogP) is 2.70. The van der Waals surface area contributed by atoms with Gasteiger partial charge in [-0.1, -0.05) is 0 Å².